The lowest BCUT2D eigenvalue weighted by Crippen LogP contribution is -2.51. The lowest BCUT2D eigenvalue weighted by atomic mass is 9.49. The minimum Gasteiger partial charge on any atom is -0.393 e. The number of hydrogen-bond donors (Lipinski definition) is 1. The van der Waals surface area contributed by atoms with Gasteiger partial charge in [-0.1, -0.05) is 53.9 Å². The van der Waals surface area contributed by atoms with Gasteiger partial charge < -0.3 is 9.90 Å². The van der Waals surface area contributed by atoms with E-state index in [4.69, 9.17) is 0 Å². The van der Waals surface area contributed by atoms with E-state index in [1.807, 2.05) is 0 Å². The Morgan fingerprint density at radius 3 is 2.40 bits per heavy atom. The average Bonchev–Trinajstić information content (AvgIpc) is 3.02. The number of carbonyl (C=O) groups is 2. The van der Waals surface area contributed by atoms with Gasteiger partial charge in [0, 0.05) is 18.3 Å². The maximum Gasteiger partial charge on any atom is 0.141 e. The molecule has 0 aliphatic heterocycles. The number of aldehydes is 1. The van der Waals surface area contributed by atoms with E-state index in [2.05, 4.69) is 34.6 Å². The molecule has 0 saturated heterocycles. The SMILES string of the molecule is CC(C)CCC[C@@H](C)[C@H]1CC[C@H]2C(CC=O)C([C@@]3(C)CCC(O)CC3=O)CC[C@]12C. The number of fused-ring (bicyclic) bond motifs is 1. The van der Waals surface area contributed by atoms with Crippen molar-refractivity contribution < 1.29 is 14.7 Å². The van der Waals surface area contributed by atoms with E-state index in [0.717, 1.165) is 43.3 Å². The maximum atomic E-state index is 13.0. The van der Waals surface area contributed by atoms with E-state index in [9.17, 15) is 14.7 Å². The number of hydrogen-bond acceptors (Lipinski definition) is 3. The summed E-state index contributed by atoms with van der Waals surface area (Å²) in [5.74, 6) is 3.71. The van der Waals surface area contributed by atoms with Gasteiger partial charge in [0.05, 0.1) is 6.10 Å². The highest BCUT2D eigenvalue weighted by Gasteiger charge is 2.58. The van der Waals surface area contributed by atoms with Crippen molar-refractivity contribution >= 4 is 12.1 Å². The number of ketones is 1. The predicted molar refractivity (Wildman–Crippen MR) is 122 cm³/mol. The molecule has 3 nitrogen and oxygen atoms in total. The fourth-order valence-corrected chi connectivity index (χ4v) is 8.09. The number of aliphatic hydroxyl groups excluding tert-OH is 1. The maximum absolute atomic E-state index is 13.0. The Morgan fingerprint density at radius 2 is 1.77 bits per heavy atom. The monoisotopic (exact) mass is 418 g/mol. The molecular weight excluding hydrogens is 372 g/mol. The summed E-state index contributed by atoms with van der Waals surface area (Å²) in [6, 6.07) is 0. The topological polar surface area (TPSA) is 54.4 Å². The summed E-state index contributed by atoms with van der Waals surface area (Å²) < 4.78 is 0. The van der Waals surface area contributed by atoms with Crippen molar-refractivity contribution in [1.82, 2.24) is 0 Å². The first-order chi connectivity index (χ1) is 14.1. The van der Waals surface area contributed by atoms with Crippen LogP contribution in [0.4, 0.5) is 0 Å². The van der Waals surface area contributed by atoms with Crippen LogP contribution in [0.3, 0.4) is 0 Å². The zero-order chi connectivity index (χ0) is 22.1. The van der Waals surface area contributed by atoms with Crippen molar-refractivity contribution in [1.29, 1.82) is 0 Å². The van der Waals surface area contributed by atoms with Crippen LogP contribution in [0.1, 0.15) is 105 Å². The lowest BCUT2D eigenvalue weighted by molar-refractivity contribution is -0.146. The van der Waals surface area contributed by atoms with Gasteiger partial charge in [-0.05, 0) is 79.4 Å². The van der Waals surface area contributed by atoms with Crippen LogP contribution >= 0.6 is 0 Å². The van der Waals surface area contributed by atoms with Crippen LogP contribution in [0.15, 0.2) is 0 Å². The summed E-state index contributed by atoms with van der Waals surface area (Å²) >= 11 is 0. The number of Topliss-reactive ketones (excluding diaryl/α,β-unsaturated/α-hetero) is 1. The number of carbonyl (C=O) groups excluding carboxylic acids is 2. The number of aliphatic hydroxyl groups is 1. The number of rotatable bonds is 8. The van der Waals surface area contributed by atoms with Crippen LogP contribution in [0.5, 0.6) is 0 Å². The smallest absolute Gasteiger partial charge is 0.141 e. The van der Waals surface area contributed by atoms with Crippen molar-refractivity contribution in [2.24, 2.45) is 46.3 Å². The van der Waals surface area contributed by atoms with Gasteiger partial charge >= 0.3 is 0 Å². The van der Waals surface area contributed by atoms with Gasteiger partial charge in [-0.15, -0.1) is 0 Å². The molecule has 30 heavy (non-hydrogen) atoms. The molecule has 0 bridgehead atoms. The van der Waals surface area contributed by atoms with Crippen molar-refractivity contribution in [3.8, 4) is 0 Å². The summed E-state index contributed by atoms with van der Waals surface area (Å²) in [6.45, 7) is 11.8. The molecular formula is C27H46O3. The molecule has 3 aliphatic rings. The Hall–Kier alpha value is -0.700. The fraction of sp³-hybridized carbons (Fsp3) is 0.926. The summed E-state index contributed by atoms with van der Waals surface area (Å²) in [6.07, 6.45) is 11.8. The third kappa shape index (κ3) is 4.43. The van der Waals surface area contributed by atoms with Gasteiger partial charge in [0.25, 0.3) is 0 Å². The third-order valence-electron chi connectivity index (χ3n) is 9.88. The molecule has 0 heterocycles. The highest BCUT2D eigenvalue weighted by Crippen LogP contribution is 2.64. The van der Waals surface area contributed by atoms with Gasteiger partial charge in [-0.3, -0.25) is 4.79 Å². The summed E-state index contributed by atoms with van der Waals surface area (Å²) in [7, 11) is 0. The molecule has 3 fully saturated rings. The van der Waals surface area contributed by atoms with Crippen molar-refractivity contribution in [2.45, 2.75) is 111 Å². The fourth-order valence-electron chi connectivity index (χ4n) is 8.09. The van der Waals surface area contributed by atoms with E-state index in [1.165, 1.54) is 38.5 Å². The second kappa shape index (κ2) is 9.43. The van der Waals surface area contributed by atoms with Gasteiger partial charge in [-0.2, -0.15) is 0 Å². The molecule has 8 atom stereocenters. The minimum absolute atomic E-state index is 0.238. The summed E-state index contributed by atoms with van der Waals surface area (Å²) in [5.41, 5.74) is -0.0375. The molecule has 3 aliphatic carbocycles. The predicted octanol–water partition coefficient (Wildman–Crippen LogP) is 6.22. The molecule has 3 saturated carbocycles. The molecule has 1 N–H and O–H groups in total. The van der Waals surface area contributed by atoms with Crippen molar-refractivity contribution in [3.05, 3.63) is 0 Å². The normalized spacial score (nSPS) is 42.9. The zero-order valence-electron chi connectivity index (χ0n) is 20.2. The molecule has 0 spiro atoms. The summed E-state index contributed by atoms with van der Waals surface area (Å²) in [4.78, 5) is 24.8. The molecule has 0 amide bonds. The van der Waals surface area contributed by atoms with Crippen LogP contribution in [0.25, 0.3) is 0 Å². The molecule has 0 aromatic heterocycles. The van der Waals surface area contributed by atoms with Gasteiger partial charge in [0.1, 0.15) is 12.1 Å². The van der Waals surface area contributed by atoms with E-state index in [1.54, 1.807) is 0 Å². The van der Waals surface area contributed by atoms with E-state index in [0.29, 0.717) is 36.0 Å². The molecule has 0 aromatic rings. The Kier molecular flexibility index (Phi) is 7.53. The first kappa shape index (κ1) is 24.0. The van der Waals surface area contributed by atoms with E-state index in [-0.39, 0.29) is 11.2 Å². The molecule has 3 unspecified atom stereocenters. The molecule has 172 valence electrons. The largest absolute Gasteiger partial charge is 0.393 e. The lowest BCUT2D eigenvalue weighted by Gasteiger charge is -2.54. The van der Waals surface area contributed by atoms with Gasteiger partial charge in [-0.25, -0.2) is 0 Å². The van der Waals surface area contributed by atoms with Gasteiger partial charge in [0.2, 0.25) is 0 Å². The van der Waals surface area contributed by atoms with Crippen molar-refractivity contribution in [3.63, 3.8) is 0 Å². The van der Waals surface area contributed by atoms with Crippen molar-refractivity contribution in [2.75, 3.05) is 0 Å². The highest BCUT2D eigenvalue weighted by atomic mass is 16.3. The Balaban J connectivity index is 1.77. The molecule has 3 rings (SSSR count). The minimum atomic E-state index is -0.466. The van der Waals surface area contributed by atoms with Crippen LogP contribution in [0.2, 0.25) is 0 Å². The van der Waals surface area contributed by atoms with Crippen LogP contribution in [0, 0.1) is 46.3 Å². The molecule has 3 heteroatoms. The Morgan fingerprint density at radius 1 is 1.03 bits per heavy atom. The Labute approximate surface area is 184 Å². The van der Waals surface area contributed by atoms with Crippen LogP contribution in [-0.2, 0) is 9.59 Å². The highest BCUT2D eigenvalue weighted by molar-refractivity contribution is 5.86. The zero-order valence-corrected chi connectivity index (χ0v) is 20.2. The first-order valence-electron chi connectivity index (χ1n) is 12.8. The quantitative estimate of drug-likeness (QED) is 0.476. The Bertz CT molecular complexity index is 613. The standard InChI is InChI=1S/C27H46O3/c1-18(2)7-6-8-19(3)22-9-10-23-21(13-16-28)24(12-15-26(22,23)4)27(5)14-11-20(29)17-25(27)30/h16,18-24,29H,6-15,17H2,1-5H3/t19-,20?,21?,22-,23+,24?,26-,27-/m1/s1. The van der Waals surface area contributed by atoms with Crippen LogP contribution in [-0.4, -0.2) is 23.3 Å². The second-order valence-corrected chi connectivity index (χ2v) is 12.0. The molecule has 0 radical (unpaired) electrons. The van der Waals surface area contributed by atoms with E-state index < -0.39 is 6.10 Å². The second-order valence-electron chi connectivity index (χ2n) is 12.0. The first-order valence-corrected chi connectivity index (χ1v) is 12.8. The third-order valence-corrected chi connectivity index (χ3v) is 9.88. The summed E-state index contributed by atoms with van der Waals surface area (Å²) in [5, 5.41) is 9.99. The van der Waals surface area contributed by atoms with Crippen LogP contribution < -0.4 is 0 Å². The molecule has 0 aromatic carbocycles. The van der Waals surface area contributed by atoms with E-state index >= 15 is 0 Å². The average molecular weight is 419 g/mol. The van der Waals surface area contributed by atoms with Gasteiger partial charge in [0.15, 0.2) is 0 Å².